The average molecular weight is 275 g/mol. The third kappa shape index (κ3) is 2.79. The summed E-state index contributed by atoms with van der Waals surface area (Å²) in [6.45, 7) is 4.12. The van der Waals surface area contributed by atoms with Gasteiger partial charge in [0.25, 0.3) is 10.0 Å². The van der Waals surface area contributed by atoms with Crippen molar-refractivity contribution in [3.05, 3.63) is 60.2 Å². The maximum Gasteiger partial charge on any atom is 0.264 e. The van der Waals surface area contributed by atoms with E-state index in [0.717, 1.165) is 5.56 Å². The molecule has 0 heterocycles. The Morgan fingerprint density at radius 3 is 2.26 bits per heavy atom. The smallest absolute Gasteiger partial charge is 0.264 e. The number of rotatable bonds is 4. The van der Waals surface area contributed by atoms with Gasteiger partial charge in [-0.15, -0.1) is 0 Å². The normalized spacial score (nSPS) is 11.3. The largest absolute Gasteiger partial charge is 0.267 e. The monoisotopic (exact) mass is 275 g/mol. The van der Waals surface area contributed by atoms with E-state index >= 15 is 0 Å². The summed E-state index contributed by atoms with van der Waals surface area (Å²) >= 11 is 0. The Labute approximate surface area is 114 Å². The molecular weight excluding hydrogens is 258 g/mol. The topological polar surface area (TPSA) is 37.4 Å². The molecule has 2 rings (SSSR count). The third-order valence-corrected chi connectivity index (χ3v) is 4.81. The summed E-state index contributed by atoms with van der Waals surface area (Å²) < 4.78 is 26.7. The van der Waals surface area contributed by atoms with Gasteiger partial charge >= 0.3 is 0 Å². The van der Waals surface area contributed by atoms with Crippen LogP contribution >= 0.6 is 0 Å². The van der Waals surface area contributed by atoms with Crippen molar-refractivity contribution in [1.82, 2.24) is 0 Å². The highest BCUT2D eigenvalue weighted by Crippen LogP contribution is 2.23. The van der Waals surface area contributed by atoms with Gasteiger partial charge in [-0.25, -0.2) is 8.42 Å². The summed E-state index contributed by atoms with van der Waals surface area (Å²) in [6, 6.07) is 16.1. The van der Waals surface area contributed by atoms with E-state index in [2.05, 4.69) is 0 Å². The standard InChI is InChI=1S/C15H17NO2S/c1-3-16(14-9-5-4-6-10-14)19(17,18)15-11-7-8-13(2)12-15/h4-12H,3H2,1-2H3. The van der Waals surface area contributed by atoms with E-state index in [9.17, 15) is 8.42 Å². The first kappa shape index (κ1) is 13.6. The second-order valence-electron chi connectivity index (χ2n) is 4.32. The van der Waals surface area contributed by atoms with E-state index in [0.29, 0.717) is 17.1 Å². The van der Waals surface area contributed by atoms with Crippen molar-refractivity contribution >= 4 is 15.7 Å². The van der Waals surface area contributed by atoms with E-state index in [-0.39, 0.29) is 0 Å². The minimum atomic E-state index is -3.49. The van der Waals surface area contributed by atoms with Gasteiger partial charge in [-0.1, -0.05) is 30.3 Å². The van der Waals surface area contributed by atoms with Crippen LogP contribution in [0.25, 0.3) is 0 Å². The lowest BCUT2D eigenvalue weighted by molar-refractivity contribution is 0.592. The van der Waals surface area contributed by atoms with E-state index in [1.54, 1.807) is 30.3 Å². The molecule has 0 aliphatic carbocycles. The van der Waals surface area contributed by atoms with Crippen molar-refractivity contribution in [3.63, 3.8) is 0 Å². The molecule has 0 saturated heterocycles. The molecule has 100 valence electrons. The summed E-state index contributed by atoms with van der Waals surface area (Å²) in [5.74, 6) is 0. The fourth-order valence-corrected chi connectivity index (χ4v) is 3.57. The molecule has 0 spiro atoms. The van der Waals surface area contributed by atoms with Gasteiger partial charge in [-0.3, -0.25) is 4.31 Å². The van der Waals surface area contributed by atoms with Crippen LogP contribution in [0.4, 0.5) is 5.69 Å². The highest BCUT2D eigenvalue weighted by atomic mass is 32.2. The van der Waals surface area contributed by atoms with Gasteiger partial charge in [0.15, 0.2) is 0 Å². The number of hydrogen-bond acceptors (Lipinski definition) is 2. The zero-order valence-corrected chi connectivity index (χ0v) is 11.9. The zero-order valence-electron chi connectivity index (χ0n) is 11.1. The van der Waals surface area contributed by atoms with Crippen molar-refractivity contribution in [2.45, 2.75) is 18.7 Å². The van der Waals surface area contributed by atoms with Crippen LogP contribution in [-0.2, 0) is 10.0 Å². The summed E-state index contributed by atoms with van der Waals surface area (Å²) in [7, 11) is -3.49. The first-order chi connectivity index (χ1) is 9.05. The number of aryl methyl sites for hydroxylation is 1. The van der Waals surface area contributed by atoms with Crippen molar-refractivity contribution in [3.8, 4) is 0 Å². The Bertz CT molecular complexity index is 651. The molecule has 2 aromatic carbocycles. The molecule has 2 aromatic rings. The molecule has 3 nitrogen and oxygen atoms in total. The average Bonchev–Trinajstić information content (AvgIpc) is 2.40. The van der Waals surface area contributed by atoms with Crippen molar-refractivity contribution < 1.29 is 8.42 Å². The Balaban J connectivity index is 2.48. The SMILES string of the molecule is CCN(c1ccccc1)S(=O)(=O)c1cccc(C)c1. The first-order valence-corrected chi connectivity index (χ1v) is 7.64. The Morgan fingerprint density at radius 2 is 1.68 bits per heavy atom. The molecule has 0 aliphatic rings. The molecule has 4 heteroatoms. The van der Waals surface area contributed by atoms with Crippen LogP contribution in [0.2, 0.25) is 0 Å². The molecule has 0 aliphatic heterocycles. The predicted octanol–water partition coefficient (Wildman–Crippen LogP) is 3.21. The molecule has 0 amide bonds. The lowest BCUT2D eigenvalue weighted by atomic mass is 10.2. The number of anilines is 1. The third-order valence-electron chi connectivity index (χ3n) is 2.91. The molecule has 0 bridgehead atoms. The van der Waals surface area contributed by atoms with Crippen LogP contribution in [0.5, 0.6) is 0 Å². The molecule has 0 radical (unpaired) electrons. The van der Waals surface area contributed by atoms with E-state index in [1.807, 2.05) is 38.1 Å². The summed E-state index contributed by atoms with van der Waals surface area (Å²) in [5, 5.41) is 0. The Morgan fingerprint density at radius 1 is 1.00 bits per heavy atom. The molecule has 0 saturated carbocycles. The zero-order chi connectivity index (χ0) is 13.9. The van der Waals surface area contributed by atoms with Crippen LogP contribution in [-0.4, -0.2) is 15.0 Å². The Kier molecular flexibility index (Phi) is 3.90. The first-order valence-electron chi connectivity index (χ1n) is 6.20. The van der Waals surface area contributed by atoms with Gasteiger partial charge in [0.2, 0.25) is 0 Å². The number of para-hydroxylation sites is 1. The van der Waals surface area contributed by atoms with Gasteiger partial charge in [0.05, 0.1) is 10.6 Å². The highest BCUT2D eigenvalue weighted by molar-refractivity contribution is 7.92. The van der Waals surface area contributed by atoms with Crippen molar-refractivity contribution in [2.24, 2.45) is 0 Å². The van der Waals surface area contributed by atoms with Gasteiger partial charge in [0, 0.05) is 6.54 Å². The second-order valence-corrected chi connectivity index (χ2v) is 6.18. The summed E-state index contributed by atoms with van der Waals surface area (Å²) in [5.41, 5.74) is 1.62. The van der Waals surface area contributed by atoms with Gasteiger partial charge in [-0.05, 0) is 43.7 Å². The molecule has 0 unspecified atom stereocenters. The fraction of sp³-hybridized carbons (Fsp3) is 0.200. The van der Waals surface area contributed by atoms with E-state index < -0.39 is 10.0 Å². The summed E-state index contributed by atoms with van der Waals surface area (Å²) in [4.78, 5) is 0.332. The minimum Gasteiger partial charge on any atom is -0.267 e. The molecule has 0 N–H and O–H groups in total. The quantitative estimate of drug-likeness (QED) is 0.859. The van der Waals surface area contributed by atoms with Gasteiger partial charge in [-0.2, -0.15) is 0 Å². The van der Waals surface area contributed by atoms with Crippen LogP contribution in [0.1, 0.15) is 12.5 Å². The van der Waals surface area contributed by atoms with Crippen molar-refractivity contribution in [1.29, 1.82) is 0 Å². The van der Waals surface area contributed by atoms with E-state index in [1.165, 1.54) is 4.31 Å². The molecule has 19 heavy (non-hydrogen) atoms. The van der Waals surface area contributed by atoms with Crippen LogP contribution in [0, 0.1) is 6.92 Å². The number of sulfonamides is 1. The highest BCUT2D eigenvalue weighted by Gasteiger charge is 2.23. The predicted molar refractivity (Wildman–Crippen MR) is 77.8 cm³/mol. The summed E-state index contributed by atoms with van der Waals surface area (Å²) in [6.07, 6.45) is 0. The van der Waals surface area contributed by atoms with Crippen molar-refractivity contribution in [2.75, 3.05) is 10.8 Å². The molecule has 0 fully saturated rings. The number of benzene rings is 2. The maximum absolute atomic E-state index is 12.6. The Hall–Kier alpha value is -1.81. The van der Waals surface area contributed by atoms with E-state index in [4.69, 9.17) is 0 Å². The lowest BCUT2D eigenvalue weighted by Gasteiger charge is -2.23. The van der Waals surface area contributed by atoms with Crippen LogP contribution in [0.3, 0.4) is 0 Å². The molecule has 0 aromatic heterocycles. The maximum atomic E-state index is 12.6. The van der Waals surface area contributed by atoms with Gasteiger partial charge < -0.3 is 0 Å². The minimum absolute atomic E-state index is 0.332. The molecule has 0 atom stereocenters. The molecular formula is C15H17NO2S. The lowest BCUT2D eigenvalue weighted by Crippen LogP contribution is -2.30. The van der Waals surface area contributed by atoms with Crippen LogP contribution < -0.4 is 4.31 Å². The second kappa shape index (κ2) is 5.45. The van der Waals surface area contributed by atoms with Gasteiger partial charge in [0.1, 0.15) is 0 Å². The van der Waals surface area contributed by atoms with Crippen LogP contribution in [0.15, 0.2) is 59.5 Å². The number of nitrogens with zero attached hydrogens (tertiary/aromatic N) is 1. The number of hydrogen-bond donors (Lipinski definition) is 0. The fourth-order valence-electron chi connectivity index (χ4n) is 1.99.